The Morgan fingerprint density at radius 2 is 1.76 bits per heavy atom. The first-order valence-electron chi connectivity index (χ1n) is 18.0. The Bertz CT molecular complexity index is 1840. The Kier molecular flexibility index (Phi) is 8.28. The van der Waals surface area contributed by atoms with Crippen LogP contribution in [0.1, 0.15) is 49.7 Å². The fourth-order valence-electron chi connectivity index (χ4n) is 9.93. The lowest BCUT2D eigenvalue weighted by Gasteiger charge is -2.67. The van der Waals surface area contributed by atoms with E-state index in [1.807, 2.05) is 48.5 Å². The van der Waals surface area contributed by atoms with Crippen LogP contribution in [0.4, 0.5) is 11.4 Å². The number of nitrogens with one attached hydrogen (secondary N) is 1. The average molecular weight is 714 g/mol. The zero-order valence-electron chi connectivity index (χ0n) is 27.9. The molecule has 5 fully saturated rings. The molecule has 6 aliphatic rings. The number of rotatable bonds is 10. The molecule has 2 aliphatic heterocycles. The molecule has 2 bridgehead atoms. The van der Waals surface area contributed by atoms with Crippen molar-refractivity contribution in [2.75, 3.05) is 18.4 Å². The van der Waals surface area contributed by atoms with Crippen LogP contribution in [0.25, 0.3) is 0 Å². The van der Waals surface area contributed by atoms with Gasteiger partial charge in [-0.15, -0.1) is 0 Å². The second-order valence-corrected chi connectivity index (χ2v) is 15.9. The van der Waals surface area contributed by atoms with Gasteiger partial charge in [0, 0.05) is 24.2 Å². The second kappa shape index (κ2) is 12.7. The van der Waals surface area contributed by atoms with Gasteiger partial charge in [-0.3, -0.25) is 9.69 Å². The van der Waals surface area contributed by atoms with E-state index in [0.29, 0.717) is 40.3 Å². The topological polar surface area (TPSA) is 80.3 Å². The first kappa shape index (κ1) is 32.6. The molecule has 2 N–H and O–H groups in total. The molecule has 0 radical (unpaired) electrons. The molecule has 50 heavy (non-hydrogen) atoms. The number of carbonyl (C=O) groups excluding carboxylic acids is 1. The van der Waals surface area contributed by atoms with E-state index in [0.717, 1.165) is 55.1 Å². The van der Waals surface area contributed by atoms with E-state index >= 15 is 0 Å². The van der Waals surface area contributed by atoms with Crippen molar-refractivity contribution < 1.29 is 24.1 Å². The molecule has 6 unspecified atom stereocenters. The van der Waals surface area contributed by atoms with E-state index in [2.05, 4.69) is 28.4 Å². The van der Waals surface area contributed by atoms with Gasteiger partial charge < -0.3 is 24.6 Å². The van der Waals surface area contributed by atoms with Crippen molar-refractivity contribution in [3.8, 4) is 0 Å². The van der Waals surface area contributed by atoms with Gasteiger partial charge in [-0.2, -0.15) is 0 Å². The number of carbonyl (C=O) groups is 1. The van der Waals surface area contributed by atoms with Crippen molar-refractivity contribution in [1.29, 1.82) is 0 Å². The Hall–Kier alpha value is -3.33. The third-order valence-corrected chi connectivity index (χ3v) is 12.9. The van der Waals surface area contributed by atoms with E-state index in [1.165, 1.54) is 12.8 Å². The van der Waals surface area contributed by atoms with Gasteiger partial charge in [0.1, 0.15) is 11.9 Å². The quantitative estimate of drug-likeness (QED) is 0.205. The van der Waals surface area contributed by atoms with Crippen LogP contribution in [0.2, 0.25) is 10.0 Å². The zero-order chi connectivity index (χ0) is 34.0. The van der Waals surface area contributed by atoms with Crippen LogP contribution in [-0.2, 0) is 32.0 Å². The van der Waals surface area contributed by atoms with Crippen molar-refractivity contribution >= 4 is 40.5 Å². The Balaban J connectivity index is 1.01. The first-order valence-corrected chi connectivity index (χ1v) is 18.8. The van der Waals surface area contributed by atoms with Crippen molar-refractivity contribution in [1.82, 2.24) is 4.90 Å². The fourth-order valence-corrected chi connectivity index (χ4v) is 10.4. The number of halogens is 2. The summed E-state index contributed by atoms with van der Waals surface area (Å²) in [7, 11) is 0. The molecule has 7 nitrogen and oxygen atoms in total. The number of hydrogen-bond acceptors (Lipinski definition) is 7. The normalized spacial score (nSPS) is 32.3. The third kappa shape index (κ3) is 5.39. The van der Waals surface area contributed by atoms with Gasteiger partial charge in [-0.05, 0) is 92.3 Å². The monoisotopic (exact) mass is 712 g/mol. The lowest BCUT2D eigenvalue weighted by molar-refractivity contribution is -0.273. The average Bonchev–Trinajstić information content (AvgIpc) is 3.86. The maximum atomic E-state index is 13.7. The van der Waals surface area contributed by atoms with E-state index in [-0.39, 0.29) is 36.5 Å². The Morgan fingerprint density at radius 1 is 0.980 bits per heavy atom. The third-order valence-electron chi connectivity index (χ3n) is 12.3. The number of anilines is 2. The lowest BCUT2D eigenvalue weighted by atomic mass is 9.44. The highest BCUT2D eigenvalue weighted by atomic mass is 35.5. The summed E-state index contributed by atoms with van der Waals surface area (Å²) in [6, 6.07) is 23.2. The summed E-state index contributed by atoms with van der Waals surface area (Å²) in [5.74, 6) is 1.60. The molecule has 3 saturated carbocycles. The van der Waals surface area contributed by atoms with E-state index in [4.69, 9.17) is 37.4 Å². The van der Waals surface area contributed by atoms with Crippen LogP contribution in [0.3, 0.4) is 0 Å². The van der Waals surface area contributed by atoms with E-state index < -0.39 is 17.0 Å². The Morgan fingerprint density at radius 3 is 2.56 bits per heavy atom. The first-order chi connectivity index (χ1) is 24.3. The summed E-state index contributed by atoms with van der Waals surface area (Å²) in [5.41, 5.74) is 1.73. The number of hydrogen-bond donors (Lipinski definition) is 2. The molecule has 3 aromatic rings. The number of ether oxygens (including phenoxy) is 3. The summed E-state index contributed by atoms with van der Waals surface area (Å²) in [4.78, 5) is 16.3. The van der Waals surface area contributed by atoms with Crippen LogP contribution in [0, 0.1) is 23.2 Å². The number of benzene rings is 3. The molecular weight excluding hydrogens is 671 g/mol. The predicted octanol–water partition coefficient (Wildman–Crippen LogP) is 8.22. The molecule has 1 spiro atoms. The lowest BCUT2D eigenvalue weighted by Crippen LogP contribution is -2.77. The highest BCUT2D eigenvalue weighted by Crippen LogP contribution is 2.70. The molecule has 4 aliphatic carbocycles. The minimum Gasteiger partial charge on any atom is -0.487 e. The molecule has 2 saturated heterocycles. The molecule has 3 aromatic carbocycles. The molecule has 7 atom stereocenters. The molecule has 260 valence electrons. The summed E-state index contributed by atoms with van der Waals surface area (Å²) >= 11 is 12.9. The highest BCUT2D eigenvalue weighted by molar-refractivity contribution is 6.39. The molecule has 0 aromatic heterocycles. The number of piperidine rings is 1. The molecule has 2 heterocycles. The standard InChI is InChI=1S/C41H42Cl2N2O5/c42-29-10-6-11-30(43)37(29)44-31-12-5-4-9-27(31)22-35(46)49-32-16-15-28-21-34-41(47)18-17-33(48-24-26-7-2-1-3-8-26)39-40(41,36(28)38(32)50-39)19-20-45(34)23-25-13-14-25/h1-12,15-16,25,28,33-34,36,39,44,47H,13-14,17-24H2/t28?,33?,34?,36?,39?,40?,41-/m1/s1. The molecular formula is C41H42Cl2N2O5. The number of likely N-dealkylation sites (tertiary alicyclic amines) is 1. The van der Waals surface area contributed by atoms with Crippen LogP contribution < -0.4 is 5.32 Å². The minimum absolute atomic E-state index is 0.0312. The van der Waals surface area contributed by atoms with Crippen LogP contribution in [0.5, 0.6) is 0 Å². The van der Waals surface area contributed by atoms with Crippen molar-refractivity contribution in [3.63, 3.8) is 0 Å². The summed E-state index contributed by atoms with van der Waals surface area (Å²) in [5, 5.41) is 17.3. The van der Waals surface area contributed by atoms with Gasteiger partial charge >= 0.3 is 5.97 Å². The fraction of sp³-hybridized carbons (Fsp3) is 0.439. The van der Waals surface area contributed by atoms with Gasteiger partial charge in [0.05, 0.1) is 45.9 Å². The van der Waals surface area contributed by atoms with Gasteiger partial charge in [-0.1, -0.05) is 83.9 Å². The Labute approximate surface area is 303 Å². The van der Waals surface area contributed by atoms with Crippen molar-refractivity contribution in [2.45, 2.75) is 75.4 Å². The summed E-state index contributed by atoms with van der Waals surface area (Å²) < 4.78 is 19.9. The van der Waals surface area contributed by atoms with Crippen molar-refractivity contribution in [2.24, 2.45) is 23.2 Å². The van der Waals surface area contributed by atoms with Crippen molar-refractivity contribution in [3.05, 3.63) is 118 Å². The van der Waals surface area contributed by atoms with Gasteiger partial charge in [0.25, 0.3) is 0 Å². The molecule has 9 rings (SSSR count). The SMILES string of the molecule is O=C(Cc1ccccc1Nc1c(Cl)cccc1Cl)OC1=C2OC3C(OCc4ccccc4)CC[C@@]4(O)C5CC(C=C1)C2C34CCN5CC1CC1. The van der Waals surface area contributed by atoms with Crippen LogP contribution in [0.15, 0.2) is 96.5 Å². The molecule has 9 heteroatoms. The highest BCUT2D eigenvalue weighted by Gasteiger charge is 2.77. The van der Waals surface area contributed by atoms with E-state index in [9.17, 15) is 9.90 Å². The number of esters is 1. The minimum atomic E-state index is -0.911. The maximum Gasteiger partial charge on any atom is 0.315 e. The number of para-hydroxylation sites is 2. The smallest absolute Gasteiger partial charge is 0.315 e. The van der Waals surface area contributed by atoms with E-state index in [1.54, 1.807) is 18.2 Å². The van der Waals surface area contributed by atoms with Gasteiger partial charge in [0.2, 0.25) is 0 Å². The number of allylic oxidation sites excluding steroid dienone is 3. The number of aliphatic hydroxyl groups is 1. The van der Waals surface area contributed by atoms with Crippen LogP contribution >= 0.6 is 23.2 Å². The summed E-state index contributed by atoms with van der Waals surface area (Å²) in [6.07, 6.45) is 9.31. The van der Waals surface area contributed by atoms with Gasteiger partial charge in [-0.25, -0.2) is 0 Å². The second-order valence-electron chi connectivity index (χ2n) is 15.1. The largest absolute Gasteiger partial charge is 0.487 e. The predicted molar refractivity (Wildman–Crippen MR) is 193 cm³/mol. The maximum absolute atomic E-state index is 13.7. The number of nitrogens with zero attached hydrogens (tertiary/aromatic N) is 1. The van der Waals surface area contributed by atoms with Crippen LogP contribution in [-0.4, -0.2) is 52.9 Å². The molecule has 0 amide bonds. The summed E-state index contributed by atoms with van der Waals surface area (Å²) in [6.45, 7) is 2.48. The van der Waals surface area contributed by atoms with Gasteiger partial charge in [0.15, 0.2) is 5.76 Å². The zero-order valence-corrected chi connectivity index (χ0v) is 29.4.